The molecule has 2 N–H and O–H groups in total. The molecule has 0 unspecified atom stereocenters. The third-order valence-electron chi connectivity index (χ3n) is 3.32. The zero-order valence-corrected chi connectivity index (χ0v) is 11.0. The number of hydrogen-bond acceptors (Lipinski definition) is 3. The Balaban J connectivity index is 2.22. The number of aliphatic hydroxyl groups is 1. The average Bonchev–Trinajstić information content (AvgIpc) is 2.38. The van der Waals surface area contributed by atoms with Gasteiger partial charge in [-0.1, -0.05) is 17.7 Å². The Hall–Kier alpha value is -0.680. The SMILES string of the molecule is OCC[C@@H](c1ccc(F)cc1Cl)N1CCNCC1. The fourth-order valence-electron chi connectivity index (χ4n) is 2.42. The minimum atomic E-state index is -0.327. The van der Waals surface area contributed by atoms with Gasteiger partial charge in [-0.05, 0) is 24.1 Å². The minimum absolute atomic E-state index is 0.0604. The van der Waals surface area contributed by atoms with Gasteiger partial charge in [0.1, 0.15) is 5.82 Å². The summed E-state index contributed by atoms with van der Waals surface area (Å²) < 4.78 is 13.1. The van der Waals surface area contributed by atoms with Crippen molar-refractivity contribution in [2.75, 3.05) is 32.8 Å². The van der Waals surface area contributed by atoms with Crippen LogP contribution in [0, 0.1) is 5.82 Å². The molecule has 1 aliphatic heterocycles. The van der Waals surface area contributed by atoms with Gasteiger partial charge in [-0.15, -0.1) is 0 Å². The molecule has 18 heavy (non-hydrogen) atoms. The van der Waals surface area contributed by atoms with Crippen molar-refractivity contribution in [3.8, 4) is 0 Å². The Labute approximate surface area is 112 Å². The van der Waals surface area contributed by atoms with E-state index in [0.717, 1.165) is 31.7 Å². The molecule has 1 heterocycles. The molecule has 0 amide bonds. The first kappa shape index (κ1) is 13.7. The molecule has 2 rings (SSSR count). The molecular weight excluding hydrogens is 255 g/mol. The summed E-state index contributed by atoms with van der Waals surface area (Å²) in [5.74, 6) is -0.327. The zero-order valence-electron chi connectivity index (χ0n) is 10.2. The van der Waals surface area contributed by atoms with Crippen molar-refractivity contribution in [3.63, 3.8) is 0 Å². The molecule has 0 aliphatic carbocycles. The molecule has 0 bridgehead atoms. The van der Waals surface area contributed by atoms with E-state index in [1.165, 1.54) is 12.1 Å². The molecule has 1 saturated heterocycles. The summed E-state index contributed by atoms with van der Waals surface area (Å²) in [5.41, 5.74) is 0.897. The monoisotopic (exact) mass is 272 g/mol. The third kappa shape index (κ3) is 3.20. The van der Waals surface area contributed by atoms with E-state index < -0.39 is 0 Å². The summed E-state index contributed by atoms with van der Waals surface area (Å²) >= 11 is 6.12. The maximum absolute atomic E-state index is 13.1. The van der Waals surface area contributed by atoms with Crippen LogP contribution in [0.1, 0.15) is 18.0 Å². The van der Waals surface area contributed by atoms with E-state index in [1.807, 2.05) is 0 Å². The van der Waals surface area contributed by atoms with Gasteiger partial charge >= 0.3 is 0 Å². The predicted molar refractivity (Wildman–Crippen MR) is 70.3 cm³/mol. The lowest BCUT2D eigenvalue weighted by atomic mass is 10.0. The molecule has 0 aromatic heterocycles. The number of rotatable bonds is 4. The molecule has 1 fully saturated rings. The van der Waals surface area contributed by atoms with E-state index in [1.54, 1.807) is 6.07 Å². The highest BCUT2D eigenvalue weighted by atomic mass is 35.5. The maximum atomic E-state index is 13.1. The molecule has 0 saturated carbocycles. The summed E-state index contributed by atoms with van der Waals surface area (Å²) in [5, 5.41) is 12.9. The van der Waals surface area contributed by atoms with Crippen LogP contribution in [0.2, 0.25) is 5.02 Å². The summed E-state index contributed by atoms with van der Waals surface area (Å²) in [6.07, 6.45) is 0.616. The van der Waals surface area contributed by atoms with Crippen molar-refractivity contribution >= 4 is 11.6 Å². The van der Waals surface area contributed by atoms with Crippen LogP contribution in [-0.2, 0) is 0 Å². The van der Waals surface area contributed by atoms with Crippen molar-refractivity contribution < 1.29 is 9.50 Å². The predicted octanol–water partition coefficient (Wildman–Crippen LogP) is 1.81. The molecular formula is C13H18ClFN2O. The number of halogens is 2. The van der Waals surface area contributed by atoms with E-state index in [2.05, 4.69) is 10.2 Å². The van der Waals surface area contributed by atoms with Crippen LogP contribution in [0.5, 0.6) is 0 Å². The lowest BCUT2D eigenvalue weighted by molar-refractivity contribution is 0.141. The topological polar surface area (TPSA) is 35.5 Å². The fourth-order valence-corrected chi connectivity index (χ4v) is 2.72. The van der Waals surface area contributed by atoms with E-state index in [0.29, 0.717) is 11.4 Å². The van der Waals surface area contributed by atoms with Crippen molar-refractivity contribution in [3.05, 3.63) is 34.6 Å². The first-order chi connectivity index (χ1) is 8.72. The molecule has 0 radical (unpaired) electrons. The van der Waals surface area contributed by atoms with Gasteiger partial charge in [0.15, 0.2) is 0 Å². The van der Waals surface area contributed by atoms with Gasteiger partial charge in [-0.25, -0.2) is 4.39 Å². The second kappa shape index (κ2) is 6.48. The Bertz CT molecular complexity index is 397. The first-order valence-electron chi connectivity index (χ1n) is 6.23. The number of hydrogen-bond donors (Lipinski definition) is 2. The number of benzene rings is 1. The first-order valence-corrected chi connectivity index (χ1v) is 6.60. The van der Waals surface area contributed by atoms with Gasteiger partial charge in [0.05, 0.1) is 0 Å². The number of nitrogens with zero attached hydrogens (tertiary/aromatic N) is 1. The number of aliphatic hydroxyl groups excluding tert-OH is 1. The molecule has 1 aromatic carbocycles. The summed E-state index contributed by atoms with van der Waals surface area (Å²) in [7, 11) is 0. The van der Waals surface area contributed by atoms with Gasteiger partial charge in [0.2, 0.25) is 0 Å². The second-order valence-electron chi connectivity index (χ2n) is 4.48. The van der Waals surface area contributed by atoms with Gasteiger partial charge in [0, 0.05) is 43.9 Å². The van der Waals surface area contributed by atoms with E-state index in [4.69, 9.17) is 11.6 Å². The Morgan fingerprint density at radius 2 is 2.11 bits per heavy atom. The standard InChI is InChI=1S/C13H18ClFN2O/c14-12-9-10(15)1-2-11(12)13(3-8-18)17-6-4-16-5-7-17/h1-2,9,13,16,18H,3-8H2/t13-/m0/s1. The van der Waals surface area contributed by atoms with E-state index in [9.17, 15) is 9.50 Å². The zero-order chi connectivity index (χ0) is 13.0. The fraction of sp³-hybridized carbons (Fsp3) is 0.538. The highest BCUT2D eigenvalue weighted by molar-refractivity contribution is 6.31. The second-order valence-corrected chi connectivity index (χ2v) is 4.89. The largest absolute Gasteiger partial charge is 0.396 e. The number of piperazine rings is 1. The van der Waals surface area contributed by atoms with Crippen LogP contribution in [0.25, 0.3) is 0 Å². The Morgan fingerprint density at radius 1 is 1.39 bits per heavy atom. The molecule has 1 aliphatic rings. The van der Waals surface area contributed by atoms with Crippen molar-refractivity contribution in [2.24, 2.45) is 0 Å². The molecule has 5 heteroatoms. The van der Waals surface area contributed by atoms with Crippen LogP contribution in [0.3, 0.4) is 0 Å². The van der Waals surface area contributed by atoms with Crippen LogP contribution < -0.4 is 5.32 Å². The van der Waals surface area contributed by atoms with Crippen LogP contribution in [-0.4, -0.2) is 42.8 Å². The van der Waals surface area contributed by atoms with Crippen LogP contribution in [0.15, 0.2) is 18.2 Å². The van der Waals surface area contributed by atoms with Crippen molar-refractivity contribution in [1.29, 1.82) is 0 Å². The van der Waals surface area contributed by atoms with Gasteiger partial charge < -0.3 is 10.4 Å². The van der Waals surface area contributed by atoms with Crippen LogP contribution >= 0.6 is 11.6 Å². The minimum Gasteiger partial charge on any atom is -0.396 e. The normalized spacial score (nSPS) is 18.8. The quantitative estimate of drug-likeness (QED) is 0.878. The van der Waals surface area contributed by atoms with Crippen molar-refractivity contribution in [1.82, 2.24) is 10.2 Å². The van der Waals surface area contributed by atoms with Crippen LogP contribution in [0.4, 0.5) is 4.39 Å². The lowest BCUT2D eigenvalue weighted by Gasteiger charge is -2.35. The Kier molecular flexibility index (Phi) is 4.95. The van der Waals surface area contributed by atoms with E-state index >= 15 is 0 Å². The molecule has 1 atom stereocenters. The number of nitrogens with one attached hydrogen (secondary N) is 1. The summed E-state index contributed by atoms with van der Waals surface area (Å²) in [4.78, 5) is 2.28. The molecule has 100 valence electrons. The van der Waals surface area contributed by atoms with Crippen molar-refractivity contribution in [2.45, 2.75) is 12.5 Å². The van der Waals surface area contributed by atoms with Gasteiger partial charge in [0.25, 0.3) is 0 Å². The third-order valence-corrected chi connectivity index (χ3v) is 3.64. The molecule has 0 spiro atoms. The smallest absolute Gasteiger partial charge is 0.124 e. The summed E-state index contributed by atoms with van der Waals surface area (Å²) in [6.45, 7) is 3.79. The Morgan fingerprint density at radius 3 is 2.72 bits per heavy atom. The van der Waals surface area contributed by atoms with Gasteiger partial charge in [-0.2, -0.15) is 0 Å². The molecule has 1 aromatic rings. The van der Waals surface area contributed by atoms with E-state index in [-0.39, 0.29) is 18.5 Å². The molecule has 3 nitrogen and oxygen atoms in total. The highest BCUT2D eigenvalue weighted by Crippen LogP contribution is 2.30. The highest BCUT2D eigenvalue weighted by Gasteiger charge is 2.23. The van der Waals surface area contributed by atoms with Gasteiger partial charge in [-0.3, -0.25) is 4.90 Å². The maximum Gasteiger partial charge on any atom is 0.124 e. The average molecular weight is 273 g/mol. The lowest BCUT2D eigenvalue weighted by Crippen LogP contribution is -2.45. The summed E-state index contributed by atoms with van der Waals surface area (Å²) in [6, 6.07) is 4.54.